The molecule has 1 aromatic rings. The highest BCUT2D eigenvalue weighted by atomic mass is 16.4. The van der Waals surface area contributed by atoms with Gasteiger partial charge in [-0.1, -0.05) is 13.0 Å². The van der Waals surface area contributed by atoms with Crippen LogP contribution in [-0.2, 0) is 4.79 Å². The third kappa shape index (κ3) is 3.13. The Kier molecular flexibility index (Phi) is 4.13. The number of nitrogens with two attached hydrogens (primary N) is 1. The van der Waals surface area contributed by atoms with E-state index in [9.17, 15) is 9.59 Å². The molecule has 5 heteroatoms. The summed E-state index contributed by atoms with van der Waals surface area (Å²) in [4.78, 5) is 26.2. The minimum Gasteiger partial charge on any atom is -0.481 e. The van der Waals surface area contributed by atoms with Gasteiger partial charge in [-0.05, 0) is 18.6 Å². The molecule has 0 fully saturated rings. The lowest BCUT2D eigenvalue weighted by Crippen LogP contribution is -2.34. The first-order chi connectivity index (χ1) is 7.52. The van der Waals surface area contributed by atoms with Crippen molar-refractivity contribution in [3.8, 4) is 0 Å². The fraction of sp³-hybridized carbons (Fsp3) is 0.364. The highest BCUT2D eigenvalue weighted by molar-refractivity contribution is 5.98. The number of carbonyl (C=O) groups excluding carboxylic acids is 1. The number of carboxylic acid groups (broad SMARTS) is 1. The highest BCUT2D eigenvalue weighted by Crippen LogP contribution is 2.08. The lowest BCUT2D eigenvalue weighted by molar-refractivity contribution is -0.141. The zero-order valence-electron chi connectivity index (χ0n) is 8.96. The maximum atomic E-state index is 11.7. The van der Waals surface area contributed by atoms with Gasteiger partial charge in [-0.3, -0.25) is 14.6 Å². The summed E-state index contributed by atoms with van der Waals surface area (Å²) >= 11 is 0. The minimum atomic E-state index is -0.954. The molecule has 0 radical (unpaired) electrons. The summed E-state index contributed by atoms with van der Waals surface area (Å²) in [5.41, 5.74) is 5.91. The largest absolute Gasteiger partial charge is 0.481 e. The van der Waals surface area contributed by atoms with Gasteiger partial charge in [0, 0.05) is 6.20 Å². The maximum Gasteiger partial charge on any atom is 0.306 e. The lowest BCUT2D eigenvalue weighted by atomic mass is 9.98. The van der Waals surface area contributed by atoms with Crippen LogP contribution in [0.4, 0.5) is 0 Å². The third-order valence-corrected chi connectivity index (χ3v) is 2.28. The van der Waals surface area contributed by atoms with Gasteiger partial charge in [-0.25, -0.2) is 0 Å². The molecule has 0 spiro atoms. The van der Waals surface area contributed by atoms with Gasteiger partial charge in [-0.15, -0.1) is 0 Å². The molecular formula is C11H14N2O3. The molecule has 0 aliphatic carbocycles. The normalized spacial score (nSPS) is 14.1. The Morgan fingerprint density at radius 3 is 2.69 bits per heavy atom. The van der Waals surface area contributed by atoms with Gasteiger partial charge in [0.2, 0.25) is 0 Å². The summed E-state index contributed by atoms with van der Waals surface area (Å²) < 4.78 is 0. The van der Waals surface area contributed by atoms with E-state index in [1.165, 1.54) is 13.1 Å². The fourth-order valence-electron chi connectivity index (χ4n) is 1.29. The van der Waals surface area contributed by atoms with Gasteiger partial charge in [0.05, 0.1) is 12.0 Å². The van der Waals surface area contributed by atoms with Crippen LogP contribution in [0, 0.1) is 5.92 Å². The Labute approximate surface area is 93.3 Å². The summed E-state index contributed by atoms with van der Waals surface area (Å²) in [6.07, 6.45) is 1.62. The molecule has 1 heterocycles. The van der Waals surface area contributed by atoms with E-state index in [-0.39, 0.29) is 17.9 Å². The van der Waals surface area contributed by atoms with E-state index in [0.717, 1.165) is 0 Å². The van der Waals surface area contributed by atoms with Crippen LogP contribution in [0.2, 0.25) is 0 Å². The summed E-state index contributed by atoms with van der Waals surface area (Å²) in [6, 6.07) is 4.13. The first-order valence-corrected chi connectivity index (χ1v) is 4.96. The van der Waals surface area contributed by atoms with E-state index < -0.39 is 17.9 Å². The topological polar surface area (TPSA) is 93.3 Å². The van der Waals surface area contributed by atoms with Gasteiger partial charge in [0.15, 0.2) is 5.78 Å². The van der Waals surface area contributed by atoms with Crippen LogP contribution in [0.1, 0.15) is 23.8 Å². The average Bonchev–Trinajstić information content (AvgIpc) is 2.28. The van der Waals surface area contributed by atoms with Crippen molar-refractivity contribution in [2.75, 3.05) is 0 Å². The van der Waals surface area contributed by atoms with E-state index in [1.54, 1.807) is 18.2 Å². The van der Waals surface area contributed by atoms with Crippen molar-refractivity contribution in [1.29, 1.82) is 0 Å². The Hall–Kier alpha value is -1.75. The maximum absolute atomic E-state index is 11.7. The highest BCUT2D eigenvalue weighted by Gasteiger charge is 2.22. The predicted molar refractivity (Wildman–Crippen MR) is 58.0 cm³/mol. The Morgan fingerprint density at radius 1 is 1.50 bits per heavy atom. The molecule has 1 aromatic heterocycles. The van der Waals surface area contributed by atoms with Crippen LogP contribution in [0.3, 0.4) is 0 Å². The van der Waals surface area contributed by atoms with Crippen molar-refractivity contribution in [2.24, 2.45) is 11.7 Å². The third-order valence-electron chi connectivity index (χ3n) is 2.28. The average molecular weight is 222 g/mol. The molecule has 2 atom stereocenters. The molecule has 86 valence electrons. The number of aliphatic carboxylic acids is 1. The molecule has 3 N–H and O–H groups in total. The van der Waals surface area contributed by atoms with E-state index in [2.05, 4.69) is 4.98 Å². The lowest BCUT2D eigenvalue weighted by Gasteiger charge is -2.12. The molecule has 0 aliphatic rings. The van der Waals surface area contributed by atoms with Crippen LogP contribution in [0.15, 0.2) is 24.4 Å². The number of carbonyl (C=O) groups is 2. The van der Waals surface area contributed by atoms with Crippen molar-refractivity contribution in [3.63, 3.8) is 0 Å². The first-order valence-electron chi connectivity index (χ1n) is 4.96. The number of hydrogen-bond acceptors (Lipinski definition) is 4. The molecule has 0 saturated heterocycles. The van der Waals surface area contributed by atoms with E-state index in [0.29, 0.717) is 0 Å². The molecule has 0 amide bonds. The molecular weight excluding hydrogens is 208 g/mol. The second-order valence-electron chi connectivity index (χ2n) is 3.66. The number of hydrogen-bond donors (Lipinski definition) is 2. The monoisotopic (exact) mass is 222 g/mol. The van der Waals surface area contributed by atoms with Crippen LogP contribution in [-0.4, -0.2) is 27.9 Å². The molecule has 0 saturated carbocycles. The molecule has 2 unspecified atom stereocenters. The predicted octanol–water partition coefficient (Wildman–Crippen LogP) is 0.702. The summed E-state index contributed by atoms with van der Waals surface area (Å²) in [6.45, 7) is 1.52. The van der Waals surface area contributed by atoms with Crippen LogP contribution >= 0.6 is 0 Å². The molecule has 0 aliphatic heterocycles. The van der Waals surface area contributed by atoms with Crippen molar-refractivity contribution in [1.82, 2.24) is 4.98 Å². The zero-order chi connectivity index (χ0) is 12.1. The van der Waals surface area contributed by atoms with Gasteiger partial charge < -0.3 is 10.8 Å². The molecule has 0 bridgehead atoms. The fourth-order valence-corrected chi connectivity index (χ4v) is 1.29. The van der Waals surface area contributed by atoms with Crippen molar-refractivity contribution in [3.05, 3.63) is 30.1 Å². The number of Topliss-reactive ketones (excluding diaryl/α,β-unsaturated/α-hetero) is 1. The summed E-state index contributed by atoms with van der Waals surface area (Å²) in [5, 5.41) is 8.70. The van der Waals surface area contributed by atoms with Crippen LogP contribution in [0.5, 0.6) is 0 Å². The number of rotatable bonds is 5. The Morgan fingerprint density at radius 2 is 2.19 bits per heavy atom. The second kappa shape index (κ2) is 5.37. The molecule has 16 heavy (non-hydrogen) atoms. The van der Waals surface area contributed by atoms with Crippen molar-refractivity contribution >= 4 is 11.8 Å². The molecule has 5 nitrogen and oxygen atoms in total. The van der Waals surface area contributed by atoms with E-state index >= 15 is 0 Å². The number of pyridine rings is 1. The van der Waals surface area contributed by atoms with Crippen molar-refractivity contribution < 1.29 is 14.7 Å². The summed E-state index contributed by atoms with van der Waals surface area (Å²) in [7, 11) is 0. The van der Waals surface area contributed by atoms with Crippen LogP contribution < -0.4 is 5.73 Å². The SMILES string of the molecule is CC(CC(N)C(=O)c1ccccn1)C(=O)O. The smallest absolute Gasteiger partial charge is 0.306 e. The van der Waals surface area contributed by atoms with E-state index in [4.69, 9.17) is 10.8 Å². The molecule has 0 aromatic carbocycles. The number of ketones is 1. The van der Waals surface area contributed by atoms with Crippen molar-refractivity contribution in [2.45, 2.75) is 19.4 Å². The number of nitrogens with zero attached hydrogens (tertiary/aromatic N) is 1. The quantitative estimate of drug-likeness (QED) is 0.715. The number of carboxylic acids is 1. The van der Waals surface area contributed by atoms with Gasteiger partial charge >= 0.3 is 5.97 Å². The molecule has 1 rings (SSSR count). The summed E-state index contributed by atoms with van der Waals surface area (Å²) in [5.74, 6) is -1.92. The van der Waals surface area contributed by atoms with Gasteiger partial charge in [-0.2, -0.15) is 0 Å². The van der Waals surface area contributed by atoms with Gasteiger partial charge in [0.1, 0.15) is 5.69 Å². The Balaban J connectivity index is 2.65. The van der Waals surface area contributed by atoms with E-state index in [1.807, 2.05) is 0 Å². The first kappa shape index (κ1) is 12.3. The second-order valence-corrected chi connectivity index (χ2v) is 3.66. The minimum absolute atomic E-state index is 0.116. The zero-order valence-corrected chi connectivity index (χ0v) is 8.96. The number of aromatic nitrogens is 1. The van der Waals surface area contributed by atoms with Crippen LogP contribution in [0.25, 0.3) is 0 Å². The van der Waals surface area contributed by atoms with Gasteiger partial charge in [0.25, 0.3) is 0 Å². The Bertz CT molecular complexity index is 378. The standard InChI is InChI=1S/C11H14N2O3/c1-7(11(15)16)6-8(12)10(14)9-4-2-3-5-13-9/h2-5,7-8H,6,12H2,1H3,(H,15,16).